The molecule has 0 unspecified atom stereocenters. The lowest BCUT2D eigenvalue weighted by Gasteiger charge is -2.09. The molecule has 0 radical (unpaired) electrons. The maximum absolute atomic E-state index is 10.9. The zero-order valence-electron chi connectivity index (χ0n) is 10.1. The van der Waals surface area contributed by atoms with Crippen LogP contribution in [0.2, 0.25) is 0 Å². The summed E-state index contributed by atoms with van der Waals surface area (Å²) in [6.45, 7) is 2.92. The van der Waals surface area contributed by atoms with Crippen molar-refractivity contribution in [1.82, 2.24) is 4.98 Å². The minimum absolute atomic E-state index is 0.0936. The minimum atomic E-state index is -1.03. The van der Waals surface area contributed by atoms with Crippen LogP contribution in [0.1, 0.15) is 43.0 Å². The Morgan fingerprint density at radius 1 is 1.47 bits per heavy atom. The van der Waals surface area contributed by atoms with Gasteiger partial charge in [0.2, 0.25) is 0 Å². The molecule has 5 nitrogen and oxygen atoms in total. The van der Waals surface area contributed by atoms with Gasteiger partial charge in [-0.15, -0.1) is 0 Å². The Balaban J connectivity index is 2.54. The summed E-state index contributed by atoms with van der Waals surface area (Å²) in [5, 5.41) is 12.0. The molecule has 0 saturated carbocycles. The molecular formula is C12H19N3O2. The van der Waals surface area contributed by atoms with Gasteiger partial charge in [0.05, 0.1) is 11.3 Å². The molecule has 1 aromatic rings. The molecule has 0 atom stereocenters. The van der Waals surface area contributed by atoms with Crippen LogP contribution < -0.4 is 11.1 Å². The molecule has 1 aromatic heterocycles. The number of nitrogens with two attached hydrogens (primary N) is 1. The average molecular weight is 237 g/mol. The van der Waals surface area contributed by atoms with Gasteiger partial charge in [-0.1, -0.05) is 26.2 Å². The number of hydrogen-bond donors (Lipinski definition) is 3. The third-order valence-corrected chi connectivity index (χ3v) is 2.54. The molecule has 0 fully saturated rings. The SMILES string of the molecule is CCCCCCNc1nccc(C(=O)O)c1N. The van der Waals surface area contributed by atoms with E-state index in [1.54, 1.807) is 0 Å². The third kappa shape index (κ3) is 3.94. The van der Waals surface area contributed by atoms with Crippen LogP contribution >= 0.6 is 0 Å². The zero-order valence-corrected chi connectivity index (χ0v) is 10.1. The number of anilines is 2. The third-order valence-electron chi connectivity index (χ3n) is 2.54. The number of nitrogen functional groups attached to an aromatic ring is 1. The van der Waals surface area contributed by atoms with Crippen molar-refractivity contribution in [3.8, 4) is 0 Å². The van der Waals surface area contributed by atoms with Crippen LogP contribution in [0.3, 0.4) is 0 Å². The second-order valence-corrected chi connectivity index (χ2v) is 3.91. The number of nitrogens with zero attached hydrogens (tertiary/aromatic N) is 1. The van der Waals surface area contributed by atoms with Gasteiger partial charge in [-0.2, -0.15) is 0 Å². The van der Waals surface area contributed by atoms with Gasteiger partial charge >= 0.3 is 5.97 Å². The Kier molecular flexibility index (Phi) is 5.26. The number of carboxylic acid groups (broad SMARTS) is 1. The Morgan fingerprint density at radius 2 is 2.24 bits per heavy atom. The summed E-state index contributed by atoms with van der Waals surface area (Å²) in [4.78, 5) is 14.9. The smallest absolute Gasteiger partial charge is 0.337 e. The molecular weight excluding hydrogens is 218 g/mol. The monoisotopic (exact) mass is 237 g/mol. The highest BCUT2D eigenvalue weighted by molar-refractivity contribution is 5.96. The topological polar surface area (TPSA) is 88.2 Å². The van der Waals surface area contributed by atoms with Crippen molar-refractivity contribution in [2.75, 3.05) is 17.6 Å². The van der Waals surface area contributed by atoms with E-state index in [1.807, 2.05) is 0 Å². The van der Waals surface area contributed by atoms with Gasteiger partial charge < -0.3 is 16.2 Å². The van der Waals surface area contributed by atoms with Crippen LogP contribution in [0.15, 0.2) is 12.3 Å². The summed E-state index contributed by atoms with van der Waals surface area (Å²) in [6, 6.07) is 1.40. The summed E-state index contributed by atoms with van der Waals surface area (Å²) in [6.07, 6.45) is 6.04. The van der Waals surface area contributed by atoms with Crippen molar-refractivity contribution in [2.24, 2.45) is 0 Å². The van der Waals surface area contributed by atoms with Gasteiger partial charge in [0.1, 0.15) is 5.82 Å². The molecule has 1 rings (SSSR count). The number of nitrogens with one attached hydrogen (secondary N) is 1. The van der Waals surface area contributed by atoms with Crippen molar-refractivity contribution < 1.29 is 9.90 Å². The van der Waals surface area contributed by atoms with Crippen LogP contribution in [0.4, 0.5) is 11.5 Å². The van der Waals surface area contributed by atoms with E-state index < -0.39 is 5.97 Å². The Hall–Kier alpha value is -1.78. The van der Waals surface area contributed by atoms with Crippen molar-refractivity contribution in [2.45, 2.75) is 32.6 Å². The number of aromatic nitrogens is 1. The zero-order chi connectivity index (χ0) is 12.7. The first kappa shape index (κ1) is 13.3. The Morgan fingerprint density at radius 3 is 2.88 bits per heavy atom. The largest absolute Gasteiger partial charge is 0.478 e. The first-order chi connectivity index (χ1) is 8.16. The second kappa shape index (κ2) is 6.73. The molecule has 17 heavy (non-hydrogen) atoms. The molecule has 1 heterocycles. The molecule has 0 bridgehead atoms. The number of hydrogen-bond acceptors (Lipinski definition) is 4. The van der Waals surface area contributed by atoms with E-state index in [4.69, 9.17) is 10.8 Å². The first-order valence-corrected chi connectivity index (χ1v) is 5.88. The highest BCUT2D eigenvalue weighted by Crippen LogP contribution is 2.19. The highest BCUT2D eigenvalue weighted by Gasteiger charge is 2.11. The lowest BCUT2D eigenvalue weighted by molar-refractivity contribution is 0.0698. The normalized spacial score (nSPS) is 10.2. The molecule has 0 aromatic carbocycles. The van der Waals surface area contributed by atoms with Crippen LogP contribution in [0.5, 0.6) is 0 Å². The predicted molar refractivity (Wildman–Crippen MR) is 68.2 cm³/mol. The van der Waals surface area contributed by atoms with E-state index in [2.05, 4.69) is 17.2 Å². The van der Waals surface area contributed by atoms with Crippen LogP contribution in [0, 0.1) is 0 Å². The number of aromatic carboxylic acids is 1. The molecule has 0 aliphatic carbocycles. The summed E-state index contributed by atoms with van der Waals surface area (Å²) in [5.41, 5.74) is 6.02. The van der Waals surface area contributed by atoms with E-state index in [0.29, 0.717) is 5.82 Å². The summed E-state index contributed by atoms with van der Waals surface area (Å²) in [7, 11) is 0. The standard InChI is InChI=1S/C12H19N3O2/c1-2-3-4-5-7-14-11-10(13)9(12(16)17)6-8-15-11/h6,8H,2-5,7,13H2,1H3,(H,14,15)(H,16,17). The summed E-state index contributed by atoms with van der Waals surface area (Å²) in [5.74, 6) is -0.569. The van der Waals surface area contributed by atoms with Crippen LogP contribution in [-0.2, 0) is 0 Å². The van der Waals surface area contributed by atoms with E-state index in [1.165, 1.54) is 25.1 Å². The van der Waals surface area contributed by atoms with Crippen molar-refractivity contribution >= 4 is 17.5 Å². The van der Waals surface area contributed by atoms with Gasteiger partial charge in [0.25, 0.3) is 0 Å². The number of carboxylic acids is 1. The van der Waals surface area contributed by atoms with Gasteiger partial charge in [0.15, 0.2) is 0 Å². The number of unbranched alkanes of at least 4 members (excludes halogenated alkanes) is 3. The molecule has 0 amide bonds. The fourth-order valence-corrected chi connectivity index (χ4v) is 1.56. The molecule has 4 N–H and O–H groups in total. The number of carbonyl (C=O) groups is 1. The molecule has 0 saturated heterocycles. The second-order valence-electron chi connectivity index (χ2n) is 3.91. The van der Waals surface area contributed by atoms with E-state index in [9.17, 15) is 4.79 Å². The molecule has 0 aliphatic rings. The molecule has 94 valence electrons. The molecule has 5 heteroatoms. The van der Waals surface area contributed by atoms with Gasteiger partial charge in [-0.25, -0.2) is 9.78 Å². The minimum Gasteiger partial charge on any atom is -0.478 e. The lowest BCUT2D eigenvalue weighted by atomic mass is 10.2. The first-order valence-electron chi connectivity index (χ1n) is 5.88. The lowest BCUT2D eigenvalue weighted by Crippen LogP contribution is -2.10. The molecule has 0 aliphatic heterocycles. The fraction of sp³-hybridized carbons (Fsp3) is 0.500. The maximum atomic E-state index is 10.9. The van der Waals surface area contributed by atoms with Gasteiger partial charge in [-0.3, -0.25) is 0 Å². The number of pyridine rings is 1. The summed E-state index contributed by atoms with van der Waals surface area (Å²) >= 11 is 0. The number of rotatable bonds is 7. The van der Waals surface area contributed by atoms with E-state index >= 15 is 0 Å². The van der Waals surface area contributed by atoms with E-state index in [-0.39, 0.29) is 11.3 Å². The summed E-state index contributed by atoms with van der Waals surface area (Å²) < 4.78 is 0. The van der Waals surface area contributed by atoms with Gasteiger partial charge in [0, 0.05) is 12.7 Å². The Bertz CT molecular complexity index is 380. The van der Waals surface area contributed by atoms with E-state index in [0.717, 1.165) is 19.4 Å². The van der Waals surface area contributed by atoms with Gasteiger partial charge in [-0.05, 0) is 12.5 Å². The predicted octanol–water partition coefficient (Wildman–Crippen LogP) is 2.35. The van der Waals surface area contributed by atoms with Crippen LogP contribution in [-0.4, -0.2) is 22.6 Å². The van der Waals surface area contributed by atoms with Crippen molar-refractivity contribution in [3.05, 3.63) is 17.8 Å². The maximum Gasteiger partial charge on any atom is 0.337 e. The van der Waals surface area contributed by atoms with Crippen LogP contribution in [0.25, 0.3) is 0 Å². The highest BCUT2D eigenvalue weighted by atomic mass is 16.4. The average Bonchev–Trinajstić information content (AvgIpc) is 2.30. The quantitative estimate of drug-likeness (QED) is 0.633. The van der Waals surface area contributed by atoms with Crippen molar-refractivity contribution in [3.63, 3.8) is 0 Å². The Labute approximate surface area is 101 Å². The van der Waals surface area contributed by atoms with Crippen molar-refractivity contribution in [1.29, 1.82) is 0 Å². The molecule has 0 spiro atoms. The fourth-order valence-electron chi connectivity index (χ4n) is 1.56.